The molecule has 1 aromatic carbocycles. The molecule has 0 radical (unpaired) electrons. The first-order chi connectivity index (χ1) is 8.09. The predicted octanol–water partition coefficient (Wildman–Crippen LogP) is 4.04. The van der Waals surface area contributed by atoms with Gasteiger partial charge in [-0.1, -0.05) is 11.6 Å². The van der Waals surface area contributed by atoms with E-state index in [-0.39, 0.29) is 5.78 Å². The summed E-state index contributed by atoms with van der Waals surface area (Å²) in [4.78, 5) is 16.2. The topological polar surface area (TPSA) is 30.0 Å². The van der Waals surface area contributed by atoms with Crippen LogP contribution in [0.15, 0.2) is 41.1 Å². The van der Waals surface area contributed by atoms with E-state index < -0.39 is 0 Å². The molecule has 4 heteroatoms. The highest BCUT2D eigenvalue weighted by molar-refractivity contribution is 9.10. The van der Waals surface area contributed by atoms with E-state index in [9.17, 15) is 4.79 Å². The number of halogens is 2. The van der Waals surface area contributed by atoms with Gasteiger partial charge in [-0.05, 0) is 52.7 Å². The van der Waals surface area contributed by atoms with Crippen LogP contribution in [0.3, 0.4) is 0 Å². The second kappa shape index (κ2) is 4.98. The Morgan fingerprint density at radius 1 is 1.35 bits per heavy atom. The summed E-state index contributed by atoms with van der Waals surface area (Å²) < 4.78 is 0.714. The minimum Gasteiger partial charge on any atom is -0.289 e. The molecule has 1 heterocycles. The Balaban J connectivity index is 2.44. The molecule has 0 amide bonds. The van der Waals surface area contributed by atoms with Crippen LogP contribution in [-0.4, -0.2) is 10.8 Å². The lowest BCUT2D eigenvalue weighted by Crippen LogP contribution is -2.04. The fourth-order valence-electron chi connectivity index (χ4n) is 1.49. The molecule has 0 spiro atoms. The first-order valence-electron chi connectivity index (χ1n) is 5.00. The molecule has 0 fully saturated rings. The van der Waals surface area contributed by atoms with Crippen LogP contribution < -0.4 is 0 Å². The highest BCUT2D eigenvalue weighted by atomic mass is 79.9. The maximum absolute atomic E-state index is 12.2. The number of benzene rings is 1. The smallest absolute Gasteiger partial charge is 0.194 e. The number of aromatic nitrogens is 1. The van der Waals surface area contributed by atoms with Crippen LogP contribution >= 0.6 is 27.5 Å². The van der Waals surface area contributed by atoms with Gasteiger partial charge in [-0.25, -0.2) is 0 Å². The number of nitrogens with zero attached hydrogens (tertiary/aromatic N) is 1. The molecule has 0 N–H and O–H groups in total. The molecule has 17 heavy (non-hydrogen) atoms. The third kappa shape index (κ3) is 2.56. The second-order valence-corrected chi connectivity index (χ2v) is 4.91. The Morgan fingerprint density at radius 2 is 2.12 bits per heavy atom. The summed E-state index contributed by atoms with van der Waals surface area (Å²) in [5.74, 6) is -0.0482. The lowest BCUT2D eigenvalue weighted by Gasteiger charge is -2.05. The van der Waals surface area contributed by atoms with E-state index in [0.29, 0.717) is 20.6 Å². The summed E-state index contributed by atoms with van der Waals surface area (Å²) >= 11 is 9.20. The number of ketones is 1. The van der Waals surface area contributed by atoms with Crippen molar-refractivity contribution in [2.24, 2.45) is 0 Å². The van der Waals surface area contributed by atoms with Gasteiger partial charge in [0, 0.05) is 28.0 Å². The van der Waals surface area contributed by atoms with Crippen LogP contribution in [0.2, 0.25) is 5.02 Å². The molecule has 0 aliphatic carbocycles. The van der Waals surface area contributed by atoms with Crippen molar-refractivity contribution in [1.82, 2.24) is 4.98 Å². The van der Waals surface area contributed by atoms with Crippen LogP contribution in [-0.2, 0) is 0 Å². The molecule has 2 nitrogen and oxygen atoms in total. The largest absolute Gasteiger partial charge is 0.289 e. The fourth-order valence-corrected chi connectivity index (χ4v) is 1.99. The number of hydrogen-bond acceptors (Lipinski definition) is 2. The van der Waals surface area contributed by atoms with Crippen molar-refractivity contribution in [1.29, 1.82) is 0 Å². The van der Waals surface area contributed by atoms with Crippen LogP contribution in [0.4, 0.5) is 0 Å². The number of pyridine rings is 1. The van der Waals surface area contributed by atoms with Gasteiger partial charge in [-0.15, -0.1) is 0 Å². The van der Waals surface area contributed by atoms with Gasteiger partial charge < -0.3 is 0 Å². The summed E-state index contributed by atoms with van der Waals surface area (Å²) in [6, 6.07) is 6.95. The van der Waals surface area contributed by atoms with Crippen molar-refractivity contribution >= 4 is 33.3 Å². The SMILES string of the molecule is Cc1ccncc1C(=O)c1ccc(Cl)c(Br)c1. The van der Waals surface area contributed by atoms with Crippen molar-refractivity contribution in [2.45, 2.75) is 6.92 Å². The number of rotatable bonds is 2. The molecule has 2 rings (SSSR count). The zero-order chi connectivity index (χ0) is 12.4. The maximum atomic E-state index is 12.2. The first kappa shape index (κ1) is 12.3. The van der Waals surface area contributed by atoms with Crippen LogP contribution in [0.25, 0.3) is 0 Å². The molecule has 0 bridgehead atoms. The normalized spacial score (nSPS) is 10.3. The van der Waals surface area contributed by atoms with E-state index in [1.165, 1.54) is 0 Å². The Kier molecular flexibility index (Phi) is 3.60. The zero-order valence-corrected chi connectivity index (χ0v) is 11.4. The summed E-state index contributed by atoms with van der Waals surface area (Å²) in [7, 11) is 0. The first-order valence-corrected chi connectivity index (χ1v) is 6.17. The van der Waals surface area contributed by atoms with Gasteiger partial charge in [0.2, 0.25) is 0 Å². The number of aryl methyl sites for hydroxylation is 1. The van der Waals surface area contributed by atoms with Gasteiger partial charge in [0.05, 0.1) is 5.02 Å². The van der Waals surface area contributed by atoms with Crippen LogP contribution in [0.5, 0.6) is 0 Å². The average molecular weight is 311 g/mol. The lowest BCUT2D eigenvalue weighted by atomic mass is 10.0. The highest BCUT2D eigenvalue weighted by Gasteiger charge is 2.12. The summed E-state index contributed by atoms with van der Waals surface area (Å²) in [5, 5.41) is 0.587. The molecular weight excluding hydrogens is 302 g/mol. The summed E-state index contributed by atoms with van der Waals surface area (Å²) in [5.41, 5.74) is 2.12. The van der Waals surface area contributed by atoms with Gasteiger partial charge in [0.25, 0.3) is 0 Å². The van der Waals surface area contributed by atoms with Gasteiger partial charge in [0.15, 0.2) is 5.78 Å². The number of carbonyl (C=O) groups is 1. The monoisotopic (exact) mass is 309 g/mol. The summed E-state index contributed by atoms with van der Waals surface area (Å²) in [6.45, 7) is 1.89. The molecule has 2 aromatic rings. The van der Waals surface area contributed by atoms with Crippen LogP contribution in [0.1, 0.15) is 21.5 Å². The third-order valence-electron chi connectivity index (χ3n) is 2.47. The van der Waals surface area contributed by atoms with Crippen molar-refractivity contribution in [3.63, 3.8) is 0 Å². The molecule has 0 saturated carbocycles. The third-order valence-corrected chi connectivity index (χ3v) is 3.68. The van der Waals surface area contributed by atoms with Gasteiger partial charge >= 0.3 is 0 Å². The van der Waals surface area contributed by atoms with Crippen LogP contribution in [0, 0.1) is 6.92 Å². The van der Waals surface area contributed by atoms with Crippen molar-refractivity contribution in [3.8, 4) is 0 Å². The zero-order valence-electron chi connectivity index (χ0n) is 9.08. The number of hydrogen-bond donors (Lipinski definition) is 0. The van der Waals surface area contributed by atoms with Gasteiger partial charge in [-0.3, -0.25) is 9.78 Å². The second-order valence-electron chi connectivity index (χ2n) is 3.65. The number of carbonyl (C=O) groups excluding carboxylic acids is 1. The van der Waals surface area contributed by atoms with Crippen molar-refractivity contribution in [2.75, 3.05) is 0 Å². The molecule has 0 aliphatic rings. The van der Waals surface area contributed by atoms with E-state index in [4.69, 9.17) is 11.6 Å². The maximum Gasteiger partial charge on any atom is 0.194 e. The Labute approximate surface area is 113 Å². The standard InChI is InChI=1S/C13H9BrClNO/c1-8-4-5-16-7-10(8)13(17)9-2-3-12(15)11(14)6-9/h2-7H,1H3. The van der Waals surface area contributed by atoms with E-state index in [2.05, 4.69) is 20.9 Å². The minimum absolute atomic E-state index is 0.0482. The highest BCUT2D eigenvalue weighted by Crippen LogP contribution is 2.24. The van der Waals surface area contributed by atoms with E-state index in [1.54, 1.807) is 30.6 Å². The molecule has 0 unspecified atom stereocenters. The predicted molar refractivity (Wildman–Crippen MR) is 71.6 cm³/mol. The fraction of sp³-hybridized carbons (Fsp3) is 0.0769. The van der Waals surface area contributed by atoms with E-state index in [1.807, 2.05) is 13.0 Å². The van der Waals surface area contributed by atoms with Gasteiger partial charge in [-0.2, -0.15) is 0 Å². The Morgan fingerprint density at radius 3 is 2.76 bits per heavy atom. The lowest BCUT2D eigenvalue weighted by molar-refractivity contribution is 0.103. The molecule has 1 aromatic heterocycles. The summed E-state index contributed by atoms with van der Waals surface area (Å²) in [6.07, 6.45) is 3.25. The van der Waals surface area contributed by atoms with Crippen molar-refractivity contribution in [3.05, 3.63) is 62.8 Å². The Hall–Kier alpha value is -1.19. The van der Waals surface area contributed by atoms with E-state index >= 15 is 0 Å². The molecular formula is C13H9BrClNO. The van der Waals surface area contributed by atoms with Gasteiger partial charge in [0.1, 0.15) is 0 Å². The average Bonchev–Trinajstić information content (AvgIpc) is 2.32. The molecule has 0 aliphatic heterocycles. The van der Waals surface area contributed by atoms with E-state index in [0.717, 1.165) is 5.56 Å². The molecule has 86 valence electrons. The molecule has 0 atom stereocenters. The Bertz CT molecular complexity index is 583. The quantitative estimate of drug-likeness (QED) is 0.784. The minimum atomic E-state index is -0.0482. The molecule has 0 saturated heterocycles. The van der Waals surface area contributed by atoms with Crippen molar-refractivity contribution < 1.29 is 4.79 Å².